The summed E-state index contributed by atoms with van der Waals surface area (Å²) in [7, 11) is 0. The molecule has 2 aliphatic heterocycles. The lowest BCUT2D eigenvalue weighted by Crippen LogP contribution is -2.53. The van der Waals surface area contributed by atoms with Crippen LogP contribution in [0.1, 0.15) is 0 Å². The van der Waals surface area contributed by atoms with E-state index >= 15 is 0 Å². The highest BCUT2D eigenvalue weighted by molar-refractivity contribution is 4.86. The van der Waals surface area contributed by atoms with E-state index in [0.717, 1.165) is 0 Å². The molecule has 131 valence electrons. The van der Waals surface area contributed by atoms with Crippen molar-refractivity contribution in [2.75, 3.05) is 26.4 Å². The summed E-state index contributed by atoms with van der Waals surface area (Å²) in [4.78, 5) is 0. The van der Waals surface area contributed by atoms with Crippen LogP contribution in [0.25, 0.3) is 0 Å². The smallest absolute Gasteiger partial charge is 0.149 e. The van der Waals surface area contributed by atoms with Crippen molar-refractivity contribution in [2.45, 2.75) is 48.8 Å². The molecule has 0 aromatic carbocycles. The Bertz CT molecular complexity index is 282. The third kappa shape index (κ3) is 4.80. The van der Waals surface area contributed by atoms with E-state index in [1.165, 1.54) is 0 Å². The SMILES string of the molecule is OC[C@H]1OC[C@H](O)[C@@H](O)[C@H]1O.[O][C@H]1[C@H](O)[C@@H](CO)OC[C@@H]1O. The number of rotatable bonds is 2. The third-order valence-electron chi connectivity index (χ3n) is 3.54. The summed E-state index contributed by atoms with van der Waals surface area (Å²) < 4.78 is 9.58. The van der Waals surface area contributed by atoms with Gasteiger partial charge in [-0.2, -0.15) is 0 Å². The number of hydrogen-bond acceptors (Lipinski definition) is 9. The minimum Gasteiger partial charge on any atom is -0.394 e. The minimum absolute atomic E-state index is 0.0521. The van der Waals surface area contributed by atoms with Gasteiger partial charge in [-0.15, -0.1) is 0 Å². The van der Waals surface area contributed by atoms with Crippen molar-refractivity contribution in [2.24, 2.45) is 0 Å². The Hall–Kier alpha value is -0.400. The van der Waals surface area contributed by atoms with Gasteiger partial charge in [-0.05, 0) is 0 Å². The van der Waals surface area contributed by atoms with Crippen LogP contribution in [-0.2, 0) is 14.6 Å². The van der Waals surface area contributed by atoms with E-state index in [0.29, 0.717) is 0 Å². The molecule has 2 fully saturated rings. The second-order valence-corrected chi connectivity index (χ2v) is 5.18. The molecule has 10 nitrogen and oxygen atoms in total. The summed E-state index contributed by atoms with van der Waals surface area (Å²) >= 11 is 0. The van der Waals surface area contributed by atoms with Crippen molar-refractivity contribution in [3.05, 3.63) is 0 Å². The van der Waals surface area contributed by atoms with Gasteiger partial charge in [0, 0.05) is 0 Å². The topological polar surface area (TPSA) is 180 Å². The van der Waals surface area contributed by atoms with Gasteiger partial charge in [0.15, 0.2) is 0 Å². The highest BCUT2D eigenvalue weighted by Crippen LogP contribution is 2.15. The summed E-state index contributed by atoms with van der Waals surface area (Å²) in [6.07, 6.45) is -9.08. The van der Waals surface area contributed by atoms with Crippen LogP contribution in [-0.4, -0.2) is 111 Å². The number of ether oxygens (including phenoxy) is 2. The first-order valence-electron chi connectivity index (χ1n) is 6.84. The van der Waals surface area contributed by atoms with Crippen LogP contribution >= 0.6 is 0 Å². The van der Waals surface area contributed by atoms with Crippen molar-refractivity contribution >= 4 is 0 Å². The number of hydrogen-bond donors (Lipinski definition) is 7. The molecule has 2 saturated heterocycles. The Kier molecular flexibility index (Phi) is 8.07. The quantitative estimate of drug-likeness (QED) is 0.262. The first-order valence-corrected chi connectivity index (χ1v) is 6.84. The molecule has 7 N–H and O–H groups in total. The Morgan fingerprint density at radius 3 is 1.68 bits per heavy atom. The molecule has 2 rings (SSSR count). The lowest BCUT2D eigenvalue weighted by Gasteiger charge is -2.34. The zero-order valence-corrected chi connectivity index (χ0v) is 11.8. The fourth-order valence-electron chi connectivity index (χ4n) is 2.04. The van der Waals surface area contributed by atoms with Gasteiger partial charge in [0.05, 0.1) is 26.4 Å². The number of aliphatic hydroxyl groups excluding tert-OH is 7. The Balaban J connectivity index is 0.000000220. The standard InChI is InChI=1S/C6H12O5.C6H11O5/c2*7-1-4-6(10)5(9)3(8)2-11-4/h3-10H,1-2H2;3-8,10H,1-2H2/t3-,4+,5+,6-;3-,4+,5+,6+/m00/s1. The molecule has 0 aromatic heterocycles. The predicted molar refractivity (Wildman–Crippen MR) is 68.2 cm³/mol. The molecule has 0 amide bonds. The lowest BCUT2D eigenvalue weighted by molar-refractivity contribution is -0.211. The first kappa shape index (κ1) is 19.6. The van der Waals surface area contributed by atoms with Crippen LogP contribution in [0.2, 0.25) is 0 Å². The van der Waals surface area contributed by atoms with Crippen molar-refractivity contribution in [3.63, 3.8) is 0 Å². The van der Waals surface area contributed by atoms with Gasteiger partial charge in [0.25, 0.3) is 0 Å². The van der Waals surface area contributed by atoms with E-state index in [9.17, 15) is 5.11 Å². The van der Waals surface area contributed by atoms with E-state index < -0.39 is 55.4 Å². The molecule has 0 spiro atoms. The molecule has 1 radical (unpaired) electrons. The van der Waals surface area contributed by atoms with E-state index in [4.69, 9.17) is 45.2 Å². The van der Waals surface area contributed by atoms with E-state index in [-0.39, 0.29) is 19.8 Å². The van der Waals surface area contributed by atoms with Crippen molar-refractivity contribution in [1.82, 2.24) is 0 Å². The summed E-state index contributed by atoms with van der Waals surface area (Å²) in [5.41, 5.74) is 0. The van der Waals surface area contributed by atoms with Gasteiger partial charge in [-0.25, -0.2) is 5.11 Å². The average molecular weight is 327 g/mol. The van der Waals surface area contributed by atoms with Crippen LogP contribution in [0.5, 0.6) is 0 Å². The molecule has 8 atom stereocenters. The second-order valence-electron chi connectivity index (χ2n) is 5.18. The zero-order chi connectivity index (χ0) is 16.9. The van der Waals surface area contributed by atoms with Crippen molar-refractivity contribution < 1.29 is 50.3 Å². The summed E-state index contributed by atoms with van der Waals surface area (Å²) in [5, 5.41) is 73.1. The van der Waals surface area contributed by atoms with E-state index in [1.807, 2.05) is 0 Å². The fourth-order valence-corrected chi connectivity index (χ4v) is 2.04. The summed E-state index contributed by atoms with van der Waals surface area (Å²) in [6, 6.07) is 0. The van der Waals surface area contributed by atoms with Gasteiger partial charge in [-0.3, -0.25) is 0 Å². The normalized spacial score (nSPS) is 45.8. The molecule has 0 unspecified atom stereocenters. The van der Waals surface area contributed by atoms with Crippen LogP contribution < -0.4 is 0 Å². The van der Waals surface area contributed by atoms with Crippen LogP contribution in [0.4, 0.5) is 0 Å². The largest absolute Gasteiger partial charge is 0.394 e. The highest BCUT2D eigenvalue weighted by Gasteiger charge is 2.38. The molecule has 22 heavy (non-hydrogen) atoms. The molecule has 0 bridgehead atoms. The van der Waals surface area contributed by atoms with E-state index in [1.54, 1.807) is 0 Å². The van der Waals surface area contributed by atoms with Gasteiger partial charge in [0.1, 0.15) is 48.8 Å². The maximum absolute atomic E-state index is 10.9. The monoisotopic (exact) mass is 327 g/mol. The van der Waals surface area contributed by atoms with Crippen LogP contribution in [0.15, 0.2) is 0 Å². The molecule has 2 heterocycles. The fraction of sp³-hybridized carbons (Fsp3) is 1.00. The van der Waals surface area contributed by atoms with Crippen molar-refractivity contribution in [3.8, 4) is 0 Å². The molecule has 0 aliphatic carbocycles. The highest BCUT2D eigenvalue weighted by atomic mass is 16.5. The van der Waals surface area contributed by atoms with Crippen LogP contribution in [0.3, 0.4) is 0 Å². The Morgan fingerprint density at radius 2 is 1.18 bits per heavy atom. The molecular formula is C12H23O10. The Morgan fingerprint density at radius 1 is 0.727 bits per heavy atom. The van der Waals surface area contributed by atoms with Gasteiger partial charge in [-0.1, -0.05) is 0 Å². The van der Waals surface area contributed by atoms with E-state index in [2.05, 4.69) is 0 Å². The average Bonchev–Trinajstić information content (AvgIpc) is 2.51. The maximum Gasteiger partial charge on any atom is 0.149 e. The number of aliphatic hydroxyl groups is 7. The van der Waals surface area contributed by atoms with Gasteiger partial charge < -0.3 is 45.2 Å². The molecule has 0 aromatic rings. The summed E-state index contributed by atoms with van der Waals surface area (Å²) in [5.74, 6) is 0. The predicted octanol–water partition coefficient (Wildman–Crippen LogP) is -4.64. The molecule has 10 heteroatoms. The third-order valence-corrected chi connectivity index (χ3v) is 3.54. The maximum atomic E-state index is 10.9. The van der Waals surface area contributed by atoms with Gasteiger partial charge in [0.2, 0.25) is 0 Å². The lowest BCUT2D eigenvalue weighted by atomic mass is 10.0. The second kappa shape index (κ2) is 9.03. The molecule has 2 aliphatic rings. The molecular weight excluding hydrogens is 304 g/mol. The van der Waals surface area contributed by atoms with Crippen molar-refractivity contribution in [1.29, 1.82) is 0 Å². The first-order chi connectivity index (χ1) is 10.3. The minimum atomic E-state index is -1.47. The summed E-state index contributed by atoms with van der Waals surface area (Å²) in [6.45, 7) is -0.919. The van der Waals surface area contributed by atoms with Crippen LogP contribution in [0, 0.1) is 0 Å². The Labute approximate surface area is 126 Å². The zero-order valence-electron chi connectivity index (χ0n) is 11.8. The van der Waals surface area contributed by atoms with Gasteiger partial charge >= 0.3 is 0 Å². The molecule has 0 saturated carbocycles.